The zero-order valence-corrected chi connectivity index (χ0v) is 36.2. The summed E-state index contributed by atoms with van der Waals surface area (Å²) in [6.07, 6.45) is 30.7. The Hall–Kier alpha value is -0.849. The van der Waals surface area contributed by atoms with Gasteiger partial charge in [0.05, 0.1) is 35.2 Å². The van der Waals surface area contributed by atoms with Crippen LogP contribution in [0, 0.1) is 47.8 Å². The molecule has 0 aliphatic heterocycles. The van der Waals surface area contributed by atoms with Crippen LogP contribution < -0.4 is 37.2 Å². The van der Waals surface area contributed by atoms with Crippen LogP contribution >= 0.6 is 0 Å². The average molecular weight is 879 g/mol. The number of halogens is 3. The number of aromatic nitrogens is 1. The molecular weight excluding hydrogens is 821 g/mol. The van der Waals surface area contributed by atoms with E-state index in [0.29, 0.717) is 23.7 Å². The Balaban J connectivity index is 0.00000176. The quantitative estimate of drug-likeness (QED) is 0.315. The maximum absolute atomic E-state index is 5.35. The fourth-order valence-electron chi connectivity index (χ4n) is 9.55. The van der Waals surface area contributed by atoms with Gasteiger partial charge in [0, 0.05) is 0 Å². The molecule has 51 heavy (non-hydrogen) atoms. The molecule has 4 saturated carbocycles. The van der Waals surface area contributed by atoms with Gasteiger partial charge in [-0.05, 0) is 122 Å². The van der Waals surface area contributed by atoms with Crippen LogP contribution in [-0.4, -0.2) is 17.4 Å². The van der Waals surface area contributed by atoms with E-state index >= 15 is 0 Å². The first-order valence-corrected chi connectivity index (χ1v) is 19.6. The Morgan fingerprint density at radius 2 is 0.745 bits per heavy atom. The fraction of sp³-hybridized carbons (Fsp3) is 0.568. The molecule has 4 aliphatic carbocycles. The minimum atomic E-state index is 0. The number of pyridine rings is 1. The van der Waals surface area contributed by atoms with Crippen LogP contribution in [0.3, 0.4) is 0 Å². The number of nitrogens with zero attached hydrogens (tertiary/aromatic N) is 3. The van der Waals surface area contributed by atoms with Gasteiger partial charge >= 0.3 is 40.8 Å². The van der Waals surface area contributed by atoms with Crippen molar-refractivity contribution >= 4 is 23.8 Å². The number of benzene rings is 2. The van der Waals surface area contributed by atoms with Gasteiger partial charge in [-0.1, -0.05) is 113 Å². The van der Waals surface area contributed by atoms with Crippen molar-refractivity contribution in [1.29, 1.82) is 0 Å². The van der Waals surface area contributed by atoms with Crippen molar-refractivity contribution in [1.82, 2.24) is 4.98 Å². The first kappa shape index (κ1) is 44.5. The average Bonchev–Trinajstić information content (AvgIpc) is 3.14. The van der Waals surface area contributed by atoms with Crippen molar-refractivity contribution in [2.24, 2.45) is 9.98 Å². The molecule has 0 unspecified atom stereocenters. The Morgan fingerprint density at radius 1 is 0.471 bits per heavy atom. The molecule has 0 spiro atoms. The van der Waals surface area contributed by atoms with Gasteiger partial charge in [0.25, 0.3) is 0 Å². The zero-order valence-electron chi connectivity index (χ0n) is 30.7. The monoisotopic (exact) mass is 874 g/mol. The summed E-state index contributed by atoms with van der Waals surface area (Å²) < 4.78 is 0. The number of aryl methyl sites for hydroxylation is 1. The molecule has 2 aromatic carbocycles. The number of rotatable bonds is 8. The molecule has 3 aromatic rings. The Kier molecular flexibility index (Phi) is 19.7. The molecule has 4 fully saturated rings. The summed E-state index contributed by atoms with van der Waals surface area (Å²) in [6, 6.07) is 18.5. The van der Waals surface area contributed by atoms with E-state index in [1.165, 1.54) is 168 Å². The van der Waals surface area contributed by atoms with E-state index in [-0.39, 0.29) is 78.1 Å². The standard InChI is InChI=1S/C44H57N3.3ClH.Nd/c1-32-28-37(30-45-43-39(33-16-6-2-7-17-33)24-14-25-40(43)34-18-8-3-9-19-34)47-38(29-32)31-46-44-41(35-20-10-4-11-21-35)26-15-27-42(44)36-22-12-5-13-23-36;;;;/h14-15,24-31,33-36H,2-13,16-23H2,1H3;3*1H;/q;;;;+3/p-3. The van der Waals surface area contributed by atoms with Gasteiger partial charge in [-0.2, -0.15) is 0 Å². The van der Waals surface area contributed by atoms with E-state index in [9.17, 15) is 0 Å². The maximum Gasteiger partial charge on any atom is 3.00 e. The van der Waals surface area contributed by atoms with Gasteiger partial charge in [0.1, 0.15) is 0 Å². The predicted octanol–water partition coefficient (Wildman–Crippen LogP) is 4.09. The SMILES string of the molecule is Cc1cc(C=Nc2c(C3CCCCC3)cccc2C2CCCCC2)nc(C=Nc2c(C3CCCCC3)cccc2C2CCCCC2)c1.[Cl-].[Cl-].[Cl-].[Nd+3]. The van der Waals surface area contributed by atoms with Crippen LogP contribution in [0.25, 0.3) is 0 Å². The van der Waals surface area contributed by atoms with Crippen molar-refractivity contribution in [3.8, 4) is 0 Å². The topological polar surface area (TPSA) is 37.6 Å². The number of hydrogen-bond donors (Lipinski definition) is 0. The Labute approximate surface area is 360 Å². The second-order valence-electron chi connectivity index (χ2n) is 15.4. The first-order valence-electron chi connectivity index (χ1n) is 19.6. The third-order valence-electron chi connectivity index (χ3n) is 12.0. The number of hydrogen-bond acceptors (Lipinski definition) is 3. The van der Waals surface area contributed by atoms with Gasteiger partial charge in [-0.25, -0.2) is 4.98 Å². The summed E-state index contributed by atoms with van der Waals surface area (Å²) in [5, 5.41) is 0. The van der Waals surface area contributed by atoms with E-state index in [1.807, 2.05) is 0 Å². The molecule has 0 bridgehead atoms. The molecule has 1 radical (unpaired) electrons. The van der Waals surface area contributed by atoms with Crippen LogP contribution in [0.15, 0.2) is 58.5 Å². The van der Waals surface area contributed by atoms with Crippen molar-refractivity contribution in [2.45, 2.75) is 159 Å². The van der Waals surface area contributed by atoms with Gasteiger partial charge in [-0.3, -0.25) is 9.98 Å². The van der Waals surface area contributed by atoms with Crippen molar-refractivity contribution in [3.05, 3.63) is 87.7 Å². The van der Waals surface area contributed by atoms with Crippen LogP contribution in [0.4, 0.5) is 11.4 Å². The minimum absolute atomic E-state index is 0. The molecule has 0 atom stereocenters. The van der Waals surface area contributed by atoms with Gasteiger partial charge in [-0.15, -0.1) is 0 Å². The molecule has 0 N–H and O–H groups in total. The third kappa shape index (κ3) is 11.6. The van der Waals surface area contributed by atoms with Crippen LogP contribution in [-0.2, 0) is 0 Å². The molecule has 0 amide bonds. The molecule has 1 aromatic heterocycles. The minimum Gasteiger partial charge on any atom is -1.00 e. The zero-order chi connectivity index (χ0) is 31.8. The third-order valence-corrected chi connectivity index (χ3v) is 12.0. The molecule has 7 rings (SSSR count). The van der Waals surface area contributed by atoms with Gasteiger partial charge < -0.3 is 37.2 Å². The van der Waals surface area contributed by atoms with E-state index in [4.69, 9.17) is 15.0 Å². The van der Waals surface area contributed by atoms with E-state index < -0.39 is 0 Å². The molecule has 4 aliphatic rings. The summed E-state index contributed by atoms with van der Waals surface area (Å²) in [5.41, 5.74) is 11.5. The van der Waals surface area contributed by atoms with Crippen LogP contribution in [0.1, 0.15) is 191 Å². The van der Waals surface area contributed by atoms with Gasteiger partial charge in [0.15, 0.2) is 0 Å². The second kappa shape index (κ2) is 22.5. The van der Waals surface area contributed by atoms with Crippen molar-refractivity contribution in [2.75, 3.05) is 0 Å². The molecule has 7 heteroatoms. The van der Waals surface area contributed by atoms with Crippen LogP contribution in [0.5, 0.6) is 0 Å². The summed E-state index contributed by atoms with van der Waals surface area (Å²) in [5.74, 6) is 2.54. The second-order valence-corrected chi connectivity index (χ2v) is 15.4. The first-order chi connectivity index (χ1) is 23.2. The van der Waals surface area contributed by atoms with E-state index in [2.05, 4.69) is 67.9 Å². The fourth-order valence-corrected chi connectivity index (χ4v) is 9.55. The number of aliphatic imine (C=N–C) groups is 2. The van der Waals surface area contributed by atoms with Gasteiger partial charge in [0.2, 0.25) is 0 Å². The maximum atomic E-state index is 5.35. The van der Waals surface area contributed by atoms with Crippen LogP contribution in [0.2, 0.25) is 0 Å². The summed E-state index contributed by atoms with van der Waals surface area (Å²) >= 11 is 0. The van der Waals surface area contributed by atoms with E-state index in [1.54, 1.807) is 0 Å². The molecule has 1 heterocycles. The van der Waals surface area contributed by atoms with E-state index in [0.717, 1.165) is 11.4 Å². The molecule has 0 saturated heterocycles. The smallest absolute Gasteiger partial charge is 1.00 e. The summed E-state index contributed by atoms with van der Waals surface area (Å²) in [6.45, 7) is 2.18. The molecular formula is C44H57Cl3N3Nd. The Bertz CT molecular complexity index is 1360. The van der Waals surface area contributed by atoms with Crippen molar-refractivity contribution in [3.63, 3.8) is 0 Å². The summed E-state index contributed by atoms with van der Waals surface area (Å²) in [7, 11) is 0. The number of para-hydroxylation sites is 2. The molecule has 3 nitrogen and oxygen atoms in total. The molecule has 273 valence electrons. The Morgan fingerprint density at radius 3 is 1.02 bits per heavy atom. The van der Waals surface area contributed by atoms with Crippen molar-refractivity contribution < 1.29 is 78.1 Å². The normalized spacial score (nSPS) is 19.5. The predicted molar refractivity (Wildman–Crippen MR) is 200 cm³/mol. The largest absolute Gasteiger partial charge is 3.00 e. The summed E-state index contributed by atoms with van der Waals surface area (Å²) in [4.78, 5) is 15.8.